The zero-order valence-corrected chi connectivity index (χ0v) is 13.6. The summed E-state index contributed by atoms with van der Waals surface area (Å²) < 4.78 is 0.996. The van der Waals surface area contributed by atoms with Crippen LogP contribution in [0.3, 0.4) is 0 Å². The molecule has 4 nitrogen and oxygen atoms in total. The number of hydrogen-bond donors (Lipinski definition) is 3. The van der Waals surface area contributed by atoms with Gasteiger partial charge in [0.1, 0.15) is 0 Å². The molecule has 2 rings (SSSR count). The molecule has 0 bridgehead atoms. The van der Waals surface area contributed by atoms with Gasteiger partial charge in [-0.2, -0.15) is 0 Å². The van der Waals surface area contributed by atoms with Gasteiger partial charge in [0.15, 0.2) is 0 Å². The Kier molecular flexibility index (Phi) is 4.98. The number of carbonyl (C=O) groups is 1. The second-order valence-electron chi connectivity index (χ2n) is 4.92. The number of nitrogens with one attached hydrogen (secondary N) is 2. The van der Waals surface area contributed by atoms with Gasteiger partial charge in [0, 0.05) is 15.7 Å². The lowest BCUT2D eigenvalue weighted by molar-refractivity contribution is 0.0939. The van der Waals surface area contributed by atoms with Crippen molar-refractivity contribution in [3.05, 3.63) is 63.6 Å². The van der Waals surface area contributed by atoms with Crippen molar-refractivity contribution in [2.24, 2.45) is 5.84 Å². The molecular weight excluding hydrogens is 330 g/mol. The van der Waals surface area contributed by atoms with Crippen LogP contribution in [0, 0.1) is 6.92 Å². The van der Waals surface area contributed by atoms with Gasteiger partial charge in [0.25, 0.3) is 5.91 Å². The van der Waals surface area contributed by atoms with Crippen molar-refractivity contribution >= 4 is 27.5 Å². The summed E-state index contributed by atoms with van der Waals surface area (Å²) in [6.45, 7) is 3.85. The smallest absolute Gasteiger partial charge is 0.252 e. The Balaban J connectivity index is 2.14. The van der Waals surface area contributed by atoms with Crippen molar-refractivity contribution in [1.82, 2.24) is 5.32 Å². The minimum absolute atomic E-state index is 0.0679. The Morgan fingerprint density at radius 2 is 2.00 bits per heavy atom. The lowest BCUT2D eigenvalue weighted by Crippen LogP contribution is -2.27. The Bertz CT molecular complexity index is 658. The van der Waals surface area contributed by atoms with Crippen molar-refractivity contribution in [2.45, 2.75) is 19.9 Å². The van der Waals surface area contributed by atoms with E-state index in [0.29, 0.717) is 5.56 Å². The topological polar surface area (TPSA) is 67.1 Å². The Hall–Kier alpha value is -1.85. The predicted molar refractivity (Wildman–Crippen MR) is 89.0 cm³/mol. The van der Waals surface area contributed by atoms with Crippen LogP contribution >= 0.6 is 15.9 Å². The van der Waals surface area contributed by atoms with Gasteiger partial charge < -0.3 is 10.7 Å². The molecule has 0 aliphatic carbocycles. The number of nitrogen functional groups attached to an aromatic ring is 1. The number of nitrogens with two attached hydrogens (primary N) is 1. The molecule has 1 atom stereocenters. The maximum absolute atomic E-state index is 12.4. The molecule has 0 fully saturated rings. The fourth-order valence-electron chi connectivity index (χ4n) is 2.14. The van der Waals surface area contributed by atoms with Crippen molar-refractivity contribution in [2.75, 3.05) is 5.43 Å². The number of carbonyl (C=O) groups excluding carboxylic acids is 1. The molecule has 21 heavy (non-hydrogen) atoms. The summed E-state index contributed by atoms with van der Waals surface area (Å²) in [6, 6.07) is 13.2. The normalized spacial score (nSPS) is 11.8. The molecular formula is C16H18BrN3O. The van der Waals surface area contributed by atoms with Gasteiger partial charge in [0.05, 0.1) is 6.04 Å². The van der Waals surface area contributed by atoms with E-state index in [1.165, 1.54) is 0 Å². The summed E-state index contributed by atoms with van der Waals surface area (Å²) in [4.78, 5) is 12.4. The minimum Gasteiger partial charge on any atom is -0.346 e. The average Bonchev–Trinajstić information content (AvgIpc) is 2.46. The number of benzene rings is 2. The van der Waals surface area contributed by atoms with Crippen LogP contribution in [0.15, 0.2) is 46.9 Å². The molecule has 0 spiro atoms. The number of hydrogen-bond acceptors (Lipinski definition) is 3. The van der Waals surface area contributed by atoms with Crippen LogP contribution in [-0.2, 0) is 0 Å². The molecule has 2 aromatic carbocycles. The van der Waals surface area contributed by atoms with Gasteiger partial charge in [-0.25, -0.2) is 0 Å². The van der Waals surface area contributed by atoms with E-state index in [1.807, 2.05) is 44.2 Å². The van der Waals surface area contributed by atoms with E-state index in [2.05, 4.69) is 26.7 Å². The van der Waals surface area contributed by atoms with E-state index in [0.717, 1.165) is 21.3 Å². The Morgan fingerprint density at radius 1 is 1.24 bits per heavy atom. The first-order valence-electron chi connectivity index (χ1n) is 6.65. The molecule has 2 aromatic rings. The van der Waals surface area contributed by atoms with Gasteiger partial charge in [-0.15, -0.1) is 0 Å². The number of rotatable bonds is 4. The molecule has 110 valence electrons. The van der Waals surface area contributed by atoms with E-state index in [-0.39, 0.29) is 11.9 Å². The van der Waals surface area contributed by atoms with E-state index >= 15 is 0 Å². The van der Waals surface area contributed by atoms with Crippen molar-refractivity contribution in [3.8, 4) is 0 Å². The SMILES string of the molecule is Cc1cc(NN)ccc1C(=O)NC(C)c1cccc(Br)c1. The second kappa shape index (κ2) is 6.74. The molecule has 5 heteroatoms. The molecule has 1 amide bonds. The van der Waals surface area contributed by atoms with Crippen LogP contribution in [0.2, 0.25) is 0 Å². The zero-order chi connectivity index (χ0) is 15.4. The van der Waals surface area contributed by atoms with Gasteiger partial charge in [-0.05, 0) is 55.3 Å². The number of hydrazine groups is 1. The van der Waals surface area contributed by atoms with E-state index in [1.54, 1.807) is 12.1 Å². The third-order valence-electron chi connectivity index (χ3n) is 3.33. The van der Waals surface area contributed by atoms with E-state index in [4.69, 9.17) is 5.84 Å². The van der Waals surface area contributed by atoms with Gasteiger partial charge in [-0.1, -0.05) is 28.1 Å². The van der Waals surface area contributed by atoms with Crippen molar-refractivity contribution in [1.29, 1.82) is 0 Å². The maximum Gasteiger partial charge on any atom is 0.252 e. The summed E-state index contributed by atoms with van der Waals surface area (Å²) in [5, 5.41) is 3.01. The van der Waals surface area contributed by atoms with Gasteiger partial charge in [-0.3, -0.25) is 10.6 Å². The maximum atomic E-state index is 12.4. The van der Waals surface area contributed by atoms with Crippen LogP contribution in [0.1, 0.15) is 34.5 Å². The molecule has 0 aromatic heterocycles. The molecule has 0 aliphatic heterocycles. The first kappa shape index (κ1) is 15.5. The Labute approximate surface area is 132 Å². The first-order valence-corrected chi connectivity index (χ1v) is 7.44. The van der Waals surface area contributed by atoms with Crippen LogP contribution in [-0.4, -0.2) is 5.91 Å². The van der Waals surface area contributed by atoms with Gasteiger partial charge >= 0.3 is 0 Å². The number of halogens is 1. The number of anilines is 1. The molecule has 4 N–H and O–H groups in total. The molecule has 1 unspecified atom stereocenters. The lowest BCUT2D eigenvalue weighted by atomic mass is 10.1. The second-order valence-corrected chi connectivity index (χ2v) is 5.84. The largest absolute Gasteiger partial charge is 0.346 e. The summed E-state index contributed by atoms with van der Waals surface area (Å²) in [5.41, 5.74) is 5.93. The van der Waals surface area contributed by atoms with Gasteiger partial charge in [0.2, 0.25) is 0 Å². The quantitative estimate of drug-likeness (QED) is 0.585. The van der Waals surface area contributed by atoms with Crippen molar-refractivity contribution < 1.29 is 4.79 Å². The molecule has 0 heterocycles. The predicted octanol–water partition coefficient (Wildman–Crippen LogP) is 3.53. The molecule has 0 radical (unpaired) electrons. The summed E-state index contributed by atoms with van der Waals surface area (Å²) in [5.74, 6) is 5.27. The zero-order valence-electron chi connectivity index (χ0n) is 12.0. The monoisotopic (exact) mass is 347 g/mol. The third kappa shape index (κ3) is 3.83. The minimum atomic E-state index is -0.0939. The first-order chi connectivity index (χ1) is 10.0. The van der Waals surface area contributed by atoms with Crippen molar-refractivity contribution in [3.63, 3.8) is 0 Å². The highest BCUT2D eigenvalue weighted by atomic mass is 79.9. The Morgan fingerprint density at radius 3 is 2.62 bits per heavy atom. The highest BCUT2D eigenvalue weighted by Gasteiger charge is 2.13. The fourth-order valence-corrected chi connectivity index (χ4v) is 2.56. The molecule has 0 saturated carbocycles. The summed E-state index contributed by atoms with van der Waals surface area (Å²) in [7, 11) is 0. The van der Waals surface area contributed by atoms with E-state index < -0.39 is 0 Å². The fraction of sp³-hybridized carbons (Fsp3) is 0.188. The highest BCUT2D eigenvalue weighted by molar-refractivity contribution is 9.10. The third-order valence-corrected chi connectivity index (χ3v) is 3.83. The summed E-state index contributed by atoms with van der Waals surface area (Å²) >= 11 is 3.44. The standard InChI is InChI=1S/C16H18BrN3O/c1-10-8-14(20-18)6-7-15(10)16(21)19-11(2)12-4-3-5-13(17)9-12/h3-9,11,20H,18H2,1-2H3,(H,19,21). The van der Waals surface area contributed by atoms with Crippen LogP contribution in [0.5, 0.6) is 0 Å². The molecule has 0 saturated heterocycles. The lowest BCUT2D eigenvalue weighted by Gasteiger charge is -2.16. The van der Waals surface area contributed by atoms with Crippen LogP contribution in [0.4, 0.5) is 5.69 Å². The number of aryl methyl sites for hydroxylation is 1. The van der Waals surface area contributed by atoms with E-state index in [9.17, 15) is 4.79 Å². The number of amides is 1. The summed E-state index contributed by atoms with van der Waals surface area (Å²) in [6.07, 6.45) is 0. The highest BCUT2D eigenvalue weighted by Crippen LogP contribution is 2.19. The van der Waals surface area contributed by atoms with Crippen LogP contribution < -0.4 is 16.6 Å². The average molecular weight is 348 g/mol. The van der Waals surface area contributed by atoms with Crippen LogP contribution in [0.25, 0.3) is 0 Å². The molecule has 0 aliphatic rings.